The third-order valence-electron chi connectivity index (χ3n) is 5.30. The molecule has 5 rings (SSSR count). The molecule has 5 heterocycles. The Labute approximate surface area is 167 Å². The number of fused-ring (bicyclic) bond motifs is 1. The van der Waals surface area contributed by atoms with Crippen LogP contribution in [0.25, 0.3) is 11.3 Å². The molecular formula is C19H23N7O3. The van der Waals surface area contributed by atoms with E-state index >= 15 is 0 Å². The van der Waals surface area contributed by atoms with Crippen molar-refractivity contribution in [3.05, 3.63) is 35.8 Å². The van der Waals surface area contributed by atoms with Crippen molar-refractivity contribution in [2.75, 3.05) is 57.5 Å². The van der Waals surface area contributed by atoms with E-state index < -0.39 is 0 Å². The number of aromatic nitrogens is 5. The lowest BCUT2D eigenvalue weighted by molar-refractivity contribution is 0.0302. The SMILES string of the molecule is Cc1nn(-c2ccn3nc(N4CCOCC4)nc3c2)cc1C(=O)N1CCOCC1. The van der Waals surface area contributed by atoms with Crippen LogP contribution in [0.4, 0.5) is 5.95 Å². The van der Waals surface area contributed by atoms with E-state index in [4.69, 9.17) is 9.47 Å². The highest BCUT2D eigenvalue weighted by Crippen LogP contribution is 2.18. The van der Waals surface area contributed by atoms with Crippen molar-refractivity contribution in [1.82, 2.24) is 29.3 Å². The topological polar surface area (TPSA) is 90.0 Å². The molecule has 3 aromatic heterocycles. The van der Waals surface area contributed by atoms with E-state index in [1.54, 1.807) is 15.4 Å². The van der Waals surface area contributed by atoms with Gasteiger partial charge in [-0.1, -0.05) is 0 Å². The van der Waals surface area contributed by atoms with Gasteiger partial charge in [0.15, 0.2) is 5.65 Å². The monoisotopic (exact) mass is 397 g/mol. The average molecular weight is 397 g/mol. The van der Waals surface area contributed by atoms with Crippen molar-refractivity contribution in [2.45, 2.75) is 6.92 Å². The second-order valence-corrected chi connectivity index (χ2v) is 7.18. The number of pyridine rings is 1. The van der Waals surface area contributed by atoms with Gasteiger partial charge in [0.05, 0.1) is 43.4 Å². The molecule has 0 spiro atoms. The van der Waals surface area contributed by atoms with Gasteiger partial charge in [-0.2, -0.15) is 10.1 Å². The molecule has 0 atom stereocenters. The third-order valence-corrected chi connectivity index (χ3v) is 5.30. The molecular weight excluding hydrogens is 374 g/mol. The molecule has 2 aliphatic heterocycles. The van der Waals surface area contributed by atoms with E-state index in [1.807, 2.05) is 30.2 Å². The first kappa shape index (κ1) is 18.1. The lowest BCUT2D eigenvalue weighted by Crippen LogP contribution is -2.40. The van der Waals surface area contributed by atoms with E-state index in [0.717, 1.165) is 24.4 Å². The summed E-state index contributed by atoms with van der Waals surface area (Å²) in [4.78, 5) is 21.4. The number of carbonyl (C=O) groups excluding carboxylic acids is 1. The summed E-state index contributed by atoms with van der Waals surface area (Å²) >= 11 is 0. The maximum Gasteiger partial charge on any atom is 0.257 e. The van der Waals surface area contributed by atoms with Crippen LogP contribution in [0.3, 0.4) is 0 Å². The molecule has 0 aliphatic carbocycles. The first-order valence-electron chi connectivity index (χ1n) is 9.82. The molecule has 2 fully saturated rings. The summed E-state index contributed by atoms with van der Waals surface area (Å²) in [5.41, 5.74) is 2.89. The summed E-state index contributed by atoms with van der Waals surface area (Å²) in [6, 6.07) is 3.84. The smallest absolute Gasteiger partial charge is 0.257 e. The van der Waals surface area contributed by atoms with Gasteiger partial charge in [-0.05, 0) is 13.0 Å². The molecule has 29 heavy (non-hydrogen) atoms. The largest absolute Gasteiger partial charge is 0.378 e. The highest BCUT2D eigenvalue weighted by atomic mass is 16.5. The Kier molecular flexibility index (Phi) is 4.64. The number of nitrogens with zero attached hydrogens (tertiary/aromatic N) is 7. The lowest BCUT2D eigenvalue weighted by atomic mass is 10.2. The van der Waals surface area contributed by atoms with Gasteiger partial charge in [-0.3, -0.25) is 4.79 Å². The summed E-state index contributed by atoms with van der Waals surface area (Å²) in [5, 5.41) is 9.11. The zero-order valence-electron chi connectivity index (χ0n) is 16.3. The highest BCUT2D eigenvalue weighted by molar-refractivity contribution is 5.95. The van der Waals surface area contributed by atoms with Crippen molar-refractivity contribution in [1.29, 1.82) is 0 Å². The molecule has 0 bridgehead atoms. The fraction of sp³-hybridized carbons (Fsp3) is 0.474. The van der Waals surface area contributed by atoms with Crippen molar-refractivity contribution in [2.24, 2.45) is 0 Å². The minimum atomic E-state index is -0.00444. The van der Waals surface area contributed by atoms with Gasteiger partial charge in [0.25, 0.3) is 5.91 Å². The summed E-state index contributed by atoms with van der Waals surface area (Å²) < 4.78 is 14.2. The molecule has 2 aliphatic rings. The molecule has 3 aromatic rings. The summed E-state index contributed by atoms with van der Waals surface area (Å²) in [5.74, 6) is 0.695. The fourth-order valence-corrected chi connectivity index (χ4v) is 3.64. The zero-order chi connectivity index (χ0) is 19.8. The van der Waals surface area contributed by atoms with Crippen LogP contribution in [0, 0.1) is 6.92 Å². The van der Waals surface area contributed by atoms with E-state index in [9.17, 15) is 4.79 Å². The van der Waals surface area contributed by atoms with Crippen LogP contribution in [-0.2, 0) is 9.47 Å². The van der Waals surface area contributed by atoms with Crippen LogP contribution in [-0.4, -0.2) is 87.8 Å². The van der Waals surface area contributed by atoms with Crippen LogP contribution >= 0.6 is 0 Å². The maximum atomic E-state index is 12.8. The Morgan fingerprint density at radius 3 is 2.52 bits per heavy atom. The summed E-state index contributed by atoms with van der Waals surface area (Å²) in [6.07, 6.45) is 3.65. The van der Waals surface area contributed by atoms with Gasteiger partial charge in [0.2, 0.25) is 5.95 Å². The highest BCUT2D eigenvalue weighted by Gasteiger charge is 2.23. The number of amides is 1. The standard InChI is InChI=1S/C19H23N7O3/c1-14-16(18(27)23-4-8-28-9-5-23)13-26(21-14)15-2-3-25-17(12-15)20-19(22-25)24-6-10-29-11-7-24/h2-3,12-13H,4-11H2,1H3. The second-order valence-electron chi connectivity index (χ2n) is 7.18. The number of carbonyl (C=O) groups is 1. The van der Waals surface area contributed by atoms with Gasteiger partial charge < -0.3 is 19.3 Å². The number of morpholine rings is 2. The van der Waals surface area contributed by atoms with Crippen LogP contribution < -0.4 is 4.90 Å². The Morgan fingerprint density at radius 1 is 1.03 bits per heavy atom. The lowest BCUT2D eigenvalue weighted by Gasteiger charge is -2.26. The van der Waals surface area contributed by atoms with E-state index in [-0.39, 0.29) is 5.91 Å². The van der Waals surface area contributed by atoms with Gasteiger partial charge in [0.1, 0.15) is 0 Å². The van der Waals surface area contributed by atoms with Crippen molar-refractivity contribution >= 4 is 17.5 Å². The average Bonchev–Trinajstić information content (AvgIpc) is 3.37. The molecule has 2 saturated heterocycles. The second kappa shape index (κ2) is 7.45. The number of anilines is 1. The van der Waals surface area contributed by atoms with E-state index in [2.05, 4.69) is 20.1 Å². The molecule has 0 unspecified atom stereocenters. The normalized spacial score (nSPS) is 17.8. The molecule has 0 N–H and O–H groups in total. The number of rotatable bonds is 3. The van der Waals surface area contributed by atoms with Gasteiger partial charge in [-0.15, -0.1) is 5.10 Å². The first-order valence-corrected chi connectivity index (χ1v) is 9.82. The van der Waals surface area contributed by atoms with Crippen LogP contribution in [0.1, 0.15) is 16.1 Å². The molecule has 10 nitrogen and oxygen atoms in total. The Hall–Kier alpha value is -2.98. The predicted molar refractivity (Wildman–Crippen MR) is 105 cm³/mol. The number of aryl methyl sites for hydroxylation is 1. The molecule has 10 heteroatoms. The van der Waals surface area contributed by atoms with Crippen molar-refractivity contribution in [3.63, 3.8) is 0 Å². The minimum absolute atomic E-state index is 0.00444. The van der Waals surface area contributed by atoms with E-state index in [1.165, 1.54) is 0 Å². The zero-order valence-corrected chi connectivity index (χ0v) is 16.3. The van der Waals surface area contributed by atoms with Gasteiger partial charge in [-0.25, -0.2) is 9.20 Å². The van der Waals surface area contributed by atoms with Crippen molar-refractivity contribution < 1.29 is 14.3 Å². The van der Waals surface area contributed by atoms with Crippen LogP contribution in [0.2, 0.25) is 0 Å². The molecule has 0 radical (unpaired) electrons. The molecule has 0 aromatic carbocycles. The van der Waals surface area contributed by atoms with E-state index in [0.29, 0.717) is 56.7 Å². The predicted octanol–water partition coefficient (Wildman–Crippen LogP) is 0.532. The summed E-state index contributed by atoms with van der Waals surface area (Å²) in [7, 11) is 0. The van der Waals surface area contributed by atoms with Gasteiger partial charge in [0, 0.05) is 44.6 Å². The van der Waals surface area contributed by atoms with Gasteiger partial charge >= 0.3 is 0 Å². The maximum absolute atomic E-state index is 12.8. The number of hydrogen-bond donors (Lipinski definition) is 0. The van der Waals surface area contributed by atoms with Crippen LogP contribution in [0.15, 0.2) is 24.5 Å². The fourth-order valence-electron chi connectivity index (χ4n) is 3.64. The van der Waals surface area contributed by atoms with Crippen molar-refractivity contribution in [3.8, 4) is 5.69 Å². The quantitative estimate of drug-likeness (QED) is 0.637. The Bertz CT molecular complexity index is 1030. The molecule has 152 valence electrons. The summed E-state index contributed by atoms with van der Waals surface area (Å²) in [6.45, 7) is 7.18. The molecule has 0 saturated carbocycles. The number of ether oxygens (including phenoxy) is 2. The Balaban J connectivity index is 1.42. The van der Waals surface area contributed by atoms with Crippen LogP contribution in [0.5, 0.6) is 0 Å². The molecule has 1 amide bonds. The third kappa shape index (κ3) is 3.45. The number of hydrogen-bond acceptors (Lipinski definition) is 7. The Morgan fingerprint density at radius 2 is 1.76 bits per heavy atom. The minimum Gasteiger partial charge on any atom is -0.378 e. The first-order chi connectivity index (χ1) is 14.2.